The largest absolute Gasteiger partial charge is 0.291 e. The van der Waals surface area contributed by atoms with E-state index in [-0.39, 0.29) is 0 Å². The van der Waals surface area contributed by atoms with E-state index in [1.807, 2.05) is 0 Å². The molecular formula is C5H10NS. The van der Waals surface area contributed by atoms with E-state index < -0.39 is 0 Å². The Kier molecular flexibility index (Phi) is 1.60. The van der Waals surface area contributed by atoms with E-state index in [0.29, 0.717) is 5.37 Å². The molecule has 1 aliphatic heterocycles. The molecule has 1 fully saturated rings. The van der Waals surface area contributed by atoms with Crippen molar-refractivity contribution in [3.63, 3.8) is 0 Å². The molecule has 1 atom stereocenters. The average molecular weight is 116 g/mol. The van der Waals surface area contributed by atoms with Gasteiger partial charge in [0.1, 0.15) is 0 Å². The van der Waals surface area contributed by atoms with Gasteiger partial charge in [-0.05, 0) is 13.3 Å². The molecule has 7 heavy (non-hydrogen) atoms. The van der Waals surface area contributed by atoms with Crippen LogP contribution in [0.2, 0.25) is 0 Å². The van der Waals surface area contributed by atoms with Gasteiger partial charge in [0.15, 0.2) is 0 Å². The van der Waals surface area contributed by atoms with Crippen LogP contribution in [0.4, 0.5) is 0 Å². The average Bonchev–Trinajstić information content (AvgIpc) is 1.23. The molecule has 1 radical (unpaired) electrons. The summed E-state index contributed by atoms with van der Waals surface area (Å²) in [4.78, 5) is 2.29. The Morgan fingerprint density at radius 2 is 2.14 bits per heavy atom. The first-order valence-electron chi connectivity index (χ1n) is 2.70. The van der Waals surface area contributed by atoms with E-state index in [4.69, 9.17) is 12.6 Å². The molecule has 0 aromatic rings. The van der Waals surface area contributed by atoms with Gasteiger partial charge in [0.2, 0.25) is 0 Å². The number of hydrogen-bond acceptors (Lipinski definition) is 1. The first-order chi connectivity index (χ1) is 3.30. The van der Waals surface area contributed by atoms with Crippen LogP contribution in [0, 0.1) is 0 Å². The van der Waals surface area contributed by atoms with Crippen LogP contribution in [0.3, 0.4) is 0 Å². The van der Waals surface area contributed by atoms with Crippen molar-refractivity contribution in [2.24, 2.45) is 0 Å². The summed E-state index contributed by atoms with van der Waals surface area (Å²) in [5.41, 5.74) is 0. The normalized spacial score (nSPS) is 26.6. The highest BCUT2D eigenvalue weighted by Crippen LogP contribution is 2.11. The van der Waals surface area contributed by atoms with E-state index in [1.165, 1.54) is 19.5 Å². The lowest BCUT2D eigenvalue weighted by Gasteiger charge is -2.33. The fourth-order valence-corrected chi connectivity index (χ4v) is 0.915. The smallest absolute Gasteiger partial charge is 0.0633 e. The van der Waals surface area contributed by atoms with Gasteiger partial charge in [-0.15, -0.1) is 0 Å². The van der Waals surface area contributed by atoms with Gasteiger partial charge in [0.25, 0.3) is 0 Å². The fraction of sp³-hybridized carbons (Fsp3) is 1.00. The Labute approximate surface area is 50.1 Å². The van der Waals surface area contributed by atoms with Crippen molar-refractivity contribution < 1.29 is 0 Å². The molecule has 0 aliphatic carbocycles. The maximum atomic E-state index is 4.98. The van der Waals surface area contributed by atoms with E-state index >= 15 is 0 Å². The maximum Gasteiger partial charge on any atom is 0.0633 e. The first-order valence-corrected chi connectivity index (χ1v) is 3.18. The third-order valence-electron chi connectivity index (χ3n) is 1.40. The van der Waals surface area contributed by atoms with Gasteiger partial charge in [0.05, 0.1) is 5.37 Å². The van der Waals surface area contributed by atoms with Gasteiger partial charge >= 0.3 is 0 Å². The predicted octanol–water partition coefficient (Wildman–Crippen LogP) is 1.24. The predicted molar refractivity (Wildman–Crippen MR) is 33.2 cm³/mol. The zero-order chi connectivity index (χ0) is 5.28. The quantitative estimate of drug-likeness (QED) is 0.498. The summed E-state index contributed by atoms with van der Waals surface area (Å²) in [6.07, 6.45) is 1.35. The van der Waals surface area contributed by atoms with Crippen LogP contribution in [-0.4, -0.2) is 23.4 Å². The lowest BCUT2D eigenvalue weighted by atomic mass is 10.2. The lowest BCUT2D eigenvalue weighted by molar-refractivity contribution is 0.175. The molecule has 0 spiro atoms. The van der Waals surface area contributed by atoms with Crippen LogP contribution in [0.15, 0.2) is 0 Å². The molecule has 1 nitrogen and oxygen atoms in total. The molecule has 1 unspecified atom stereocenters. The third-order valence-corrected chi connectivity index (χ3v) is 1.70. The Morgan fingerprint density at radius 1 is 1.57 bits per heavy atom. The molecule has 0 N–H and O–H groups in total. The van der Waals surface area contributed by atoms with E-state index in [1.54, 1.807) is 0 Å². The number of nitrogens with zero attached hydrogens (tertiary/aromatic N) is 1. The van der Waals surface area contributed by atoms with Crippen LogP contribution < -0.4 is 0 Å². The zero-order valence-electron chi connectivity index (χ0n) is 4.55. The third kappa shape index (κ3) is 1.10. The molecule has 1 rings (SSSR count). The molecule has 0 aromatic heterocycles. The molecule has 1 aliphatic rings. The summed E-state index contributed by atoms with van der Waals surface area (Å²) in [6, 6.07) is 0. The summed E-state index contributed by atoms with van der Waals surface area (Å²) < 4.78 is 0. The molecule has 0 saturated carbocycles. The molecule has 1 saturated heterocycles. The van der Waals surface area contributed by atoms with Crippen molar-refractivity contribution in [3.8, 4) is 0 Å². The monoisotopic (exact) mass is 116 g/mol. The van der Waals surface area contributed by atoms with Crippen LogP contribution >= 0.6 is 12.6 Å². The van der Waals surface area contributed by atoms with Crippen LogP contribution in [0.25, 0.3) is 0 Å². The highest BCUT2D eigenvalue weighted by molar-refractivity contribution is 7.80. The topological polar surface area (TPSA) is 3.24 Å². The van der Waals surface area contributed by atoms with E-state index in [2.05, 4.69) is 11.8 Å². The Morgan fingerprint density at radius 3 is 2.14 bits per heavy atom. The van der Waals surface area contributed by atoms with Crippen molar-refractivity contribution in [3.05, 3.63) is 0 Å². The van der Waals surface area contributed by atoms with Gasteiger partial charge in [0, 0.05) is 13.1 Å². The highest BCUT2D eigenvalue weighted by Gasteiger charge is 2.16. The van der Waals surface area contributed by atoms with Gasteiger partial charge in [-0.3, -0.25) is 4.90 Å². The van der Waals surface area contributed by atoms with Crippen molar-refractivity contribution in [2.45, 2.75) is 18.7 Å². The summed E-state index contributed by atoms with van der Waals surface area (Å²) in [5, 5.41) is 0.369. The van der Waals surface area contributed by atoms with Crippen LogP contribution in [-0.2, 0) is 0 Å². The van der Waals surface area contributed by atoms with E-state index in [9.17, 15) is 0 Å². The van der Waals surface area contributed by atoms with Crippen molar-refractivity contribution >= 4 is 12.6 Å². The summed E-state index contributed by atoms with van der Waals surface area (Å²) >= 11 is 4.98. The summed E-state index contributed by atoms with van der Waals surface area (Å²) in [7, 11) is 0. The van der Waals surface area contributed by atoms with Crippen molar-refractivity contribution in [1.29, 1.82) is 0 Å². The van der Waals surface area contributed by atoms with Crippen molar-refractivity contribution in [1.82, 2.24) is 4.90 Å². The van der Waals surface area contributed by atoms with Gasteiger partial charge in [-0.1, -0.05) is 12.6 Å². The SMILES string of the molecule is CC([S])N1CCC1. The lowest BCUT2D eigenvalue weighted by Crippen LogP contribution is -2.40. The second-order valence-electron chi connectivity index (χ2n) is 1.99. The maximum absolute atomic E-state index is 4.98. The molecule has 0 bridgehead atoms. The second-order valence-corrected chi connectivity index (χ2v) is 2.67. The number of hydrogen-bond donors (Lipinski definition) is 0. The first kappa shape index (κ1) is 5.45. The molecular weight excluding hydrogens is 106 g/mol. The van der Waals surface area contributed by atoms with Crippen LogP contribution in [0.5, 0.6) is 0 Å². The molecule has 41 valence electrons. The van der Waals surface area contributed by atoms with Gasteiger partial charge < -0.3 is 0 Å². The Hall–Kier alpha value is 0.310. The van der Waals surface area contributed by atoms with E-state index in [0.717, 1.165) is 0 Å². The number of rotatable bonds is 1. The Balaban J connectivity index is 2.14. The van der Waals surface area contributed by atoms with Gasteiger partial charge in [-0.25, -0.2) is 0 Å². The van der Waals surface area contributed by atoms with Crippen molar-refractivity contribution in [2.75, 3.05) is 13.1 Å². The minimum atomic E-state index is 0.369. The zero-order valence-corrected chi connectivity index (χ0v) is 5.37. The fourth-order valence-electron chi connectivity index (χ4n) is 0.704. The van der Waals surface area contributed by atoms with Gasteiger partial charge in [-0.2, -0.15) is 0 Å². The summed E-state index contributed by atoms with van der Waals surface area (Å²) in [6.45, 7) is 4.52. The minimum absolute atomic E-state index is 0.369. The second kappa shape index (κ2) is 2.05. The summed E-state index contributed by atoms with van der Waals surface area (Å²) in [5.74, 6) is 0. The Bertz CT molecular complexity index is 59.1. The molecule has 0 aromatic carbocycles. The van der Waals surface area contributed by atoms with Crippen LogP contribution in [0.1, 0.15) is 13.3 Å². The molecule has 0 amide bonds. The molecule has 1 heterocycles. The standard InChI is InChI=1S/C5H10NS/c1-5(7)6-3-2-4-6/h5H,2-4H2,1H3. The molecule has 2 heteroatoms. The highest BCUT2D eigenvalue weighted by atomic mass is 32.1. The number of likely N-dealkylation sites (tertiary alicyclic amines) is 1. The minimum Gasteiger partial charge on any atom is -0.291 e.